The van der Waals surface area contributed by atoms with Gasteiger partial charge in [-0.25, -0.2) is 5.11 Å². The van der Waals surface area contributed by atoms with Gasteiger partial charge < -0.3 is 0 Å². The van der Waals surface area contributed by atoms with E-state index in [0.717, 1.165) is 12.0 Å². The van der Waals surface area contributed by atoms with Gasteiger partial charge in [0.25, 0.3) is 0 Å². The summed E-state index contributed by atoms with van der Waals surface area (Å²) in [6.45, 7) is 5.58. The maximum absolute atomic E-state index is 10.5. The van der Waals surface area contributed by atoms with Crippen LogP contribution in [0.1, 0.15) is 27.2 Å². The van der Waals surface area contributed by atoms with E-state index < -0.39 is 6.10 Å². The van der Waals surface area contributed by atoms with Gasteiger partial charge in [0.05, 0.1) is 0 Å². The van der Waals surface area contributed by atoms with E-state index in [1.165, 1.54) is 0 Å². The van der Waals surface area contributed by atoms with Crippen LogP contribution in [-0.2, 0) is 5.11 Å². The van der Waals surface area contributed by atoms with Gasteiger partial charge in [-0.1, -0.05) is 13.0 Å². The zero-order valence-electron chi connectivity index (χ0n) is 5.77. The van der Waals surface area contributed by atoms with E-state index in [0.29, 0.717) is 0 Å². The highest BCUT2D eigenvalue weighted by atomic mass is 16.3. The minimum Gasteiger partial charge on any atom is -0.229 e. The van der Waals surface area contributed by atoms with Crippen molar-refractivity contribution in [2.45, 2.75) is 33.3 Å². The number of hydrogen-bond donors (Lipinski definition) is 0. The fraction of sp³-hybridized carbons (Fsp3) is 0.714. The molecule has 0 fully saturated rings. The Bertz CT molecular complexity index is 82.4. The van der Waals surface area contributed by atoms with Crippen molar-refractivity contribution in [3.63, 3.8) is 0 Å². The molecule has 1 unspecified atom stereocenters. The molecule has 0 bridgehead atoms. The first-order valence-electron chi connectivity index (χ1n) is 3.01. The smallest absolute Gasteiger partial charge is 0.111 e. The fourth-order valence-corrected chi connectivity index (χ4v) is 0.488. The Morgan fingerprint density at radius 1 is 1.75 bits per heavy atom. The molecule has 47 valence electrons. The molecule has 0 aliphatic carbocycles. The van der Waals surface area contributed by atoms with E-state index in [1.54, 1.807) is 6.92 Å². The quantitative estimate of drug-likeness (QED) is 0.489. The van der Waals surface area contributed by atoms with Crippen LogP contribution in [0.2, 0.25) is 0 Å². The molecule has 0 spiro atoms. The van der Waals surface area contributed by atoms with Crippen molar-refractivity contribution in [1.29, 1.82) is 0 Å². The van der Waals surface area contributed by atoms with E-state index in [2.05, 4.69) is 0 Å². The molecular formula is C7H13O. The minimum absolute atomic E-state index is 0.519. The van der Waals surface area contributed by atoms with Crippen LogP contribution in [0.4, 0.5) is 0 Å². The lowest BCUT2D eigenvalue weighted by atomic mass is 10.2. The molecule has 0 rings (SSSR count). The summed E-state index contributed by atoms with van der Waals surface area (Å²) in [5.41, 5.74) is 0.951. The first-order chi connectivity index (χ1) is 3.68. The maximum atomic E-state index is 10.5. The summed E-state index contributed by atoms with van der Waals surface area (Å²) in [5.74, 6) is 0. The summed E-state index contributed by atoms with van der Waals surface area (Å²) in [6.07, 6.45) is 2.42. The summed E-state index contributed by atoms with van der Waals surface area (Å²) in [6, 6.07) is 0. The second-order valence-electron chi connectivity index (χ2n) is 2.00. The Hall–Kier alpha value is -0.300. The zero-order chi connectivity index (χ0) is 6.57. The predicted molar refractivity (Wildman–Crippen MR) is 34.2 cm³/mol. The van der Waals surface area contributed by atoms with Crippen LogP contribution in [-0.4, -0.2) is 6.10 Å². The van der Waals surface area contributed by atoms with Crippen LogP contribution >= 0.6 is 0 Å². The van der Waals surface area contributed by atoms with E-state index >= 15 is 0 Å². The molecular weight excluding hydrogens is 100 g/mol. The largest absolute Gasteiger partial charge is 0.229 e. The van der Waals surface area contributed by atoms with Crippen LogP contribution in [0.3, 0.4) is 0 Å². The highest BCUT2D eigenvalue weighted by Gasteiger charge is 1.96. The van der Waals surface area contributed by atoms with E-state index in [1.807, 2.05) is 19.9 Å². The van der Waals surface area contributed by atoms with Gasteiger partial charge in [-0.05, 0) is 25.8 Å². The normalized spacial score (nSPS) is 16.2. The standard InChI is InChI=1S/C7H13O/c1-4-5-6(2)7(3)8/h5,7H,4H2,1-3H3. The Morgan fingerprint density at radius 2 is 2.25 bits per heavy atom. The second kappa shape index (κ2) is 3.67. The van der Waals surface area contributed by atoms with E-state index in [4.69, 9.17) is 0 Å². The minimum atomic E-state index is -0.519. The molecule has 0 saturated heterocycles. The van der Waals surface area contributed by atoms with Gasteiger partial charge in [-0.2, -0.15) is 0 Å². The van der Waals surface area contributed by atoms with Gasteiger partial charge in [0.15, 0.2) is 0 Å². The SMILES string of the molecule is CCC=C(C)C(C)[O]. The summed E-state index contributed by atoms with van der Waals surface area (Å²) in [7, 11) is 0. The van der Waals surface area contributed by atoms with Gasteiger partial charge in [-0.3, -0.25) is 0 Å². The fourth-order valence-electron chi connectivity index (χ4n) is 0.488. The van der Waals surface area contributed by atoms with Crippen LogP contribution in [0.25, 0.3) is 0 Å². The van der Waals surface area contributed by atoms with E-state index in [-0.39, 0.29) is 0 Å². The average molecular weight is 113 g/mol. The maximum Gasteiger partial charge on any atom is 0.111 e. The van der Waals surface area contributed by atoms with Crippen molar-refractivity contribution in [3.8, 4) is 0 Å². The van der Waals surface area contributed by atoms with Gasteiger partial charge in [0.1, 0.15) is 6.10 Å². The van der Waals surface area contributed by atoms with E-state index in [9.17, 15) is 5.11 Å². The molecule has 0 aliphatic rings. The Morgan fingerprint density at radius 3 is 2.38 bits per heavy atom. The zero-order valence-corrected chi connectivity index (χ0v) is 5.77. The van der Waals surface area contributed by atoms with Gasteiger partial charge in [0, 0.05) is 0 Å². The first kappa shape index (κ1) is 7.70. The topological polar surface area (TPSA) is 19.9 Å². The van der Waals surface area contributed by atoms with Crippen molar-refractivity contribution in [2.24, 2.45) is 0 Å². The Balaban J connectivity index is 3.61. The molecule has 0 aromatic rings. The molecule has 0 aliphatic heterocycles. The van der Waals surface area contributed by atoms with Gasteiger partial charge in [-0.15, -0.1) is 0 Å². The third-order valence-corrected chi connectivity index (χ3v) is 1.17. The third-order valence-electron chi connectivity index (χ3n) is 1.17. The van der Waals surface area contributed by atoms with Crippen molar-refractivity contribution >= 4 is 0 Å². The van der Waals surface area contributed by atoms with Gasteiger partial charge in [0.2, 0.25) is 0 Å². The summed E-state index contributed by atoms with van der Waals surface area (Å²) < 4.78 is 0. The summed E-state index contributed by atoms with van der Waals surface area (Å²) >= 11 is 0. The monoisotopic (exact) mass is 113 g/mol. The Labute approximate surface area is 51.0 Å². The van der Waals surface area contributed by atoms with Crippen LogP contribution < -0.4 is 0 Å². The molecule has 1 radical (unpaired) electrons. The number of rotatable bonds is 2. The van der Waals surface area contributed by atoms with Crippen molar-refractivity contribution in [2.75, 3.05) is 0 Å². The highest BCUT2D eigenvalue weighted by Crippen LogP contribution is 2.00. The molecule has 0 saturated carbocycles. The lowest BCUT2D eigenvalue weighted by Crippen LogP contribution is -1.97. The molecule has 0 amide bonds. The molecule has 1 heteroatoms. The predicted octanol–water partition coefficient (Wildman–Crippen LogP) is 2.16. The number of hydrogen-bond acceptors (Lipinski definition) is 0. The number of allylic oxidation sites excluding steroid dienone is 1. The average Bonchev–Trinajstić information content (AvgIpc) is 1.67. The van der Waals surface area contributed by atoms with Crippen LogP contribution in [0, 0.1) is 0 Å². The second-order valence-corrected chi connectivity index (χ2v) is 2.00. The van der Waals surface area contributed by atoms with Crippen molar-refractivity contribution in [3.05, 3.63) is 11.6 Å². The van der Waals surface area contributed by atoms with Crippen molar-refractivity contribution in [1.82, 2.24) is 0 Å². The van der Waals surface area contributed by atoms with Gasteiger partial charge >= 0.3 is 0 Å². The summed E-state index contributed by atoms with van der Waals surface area (Å²) in [5, 5.41) is 10.5. The van der Waals surface area contributed by atoms with Crippen LogP contribution in [0.5, 0.6) is 0 Å². The lowest BCUT2D eigenvalue weighted by Gasteiger charge is -1.98. The molecule has 0 aromatic carbocycles. The first-order valence-corrected chi connectivity index (χ1v) is 3.01. The van der Waals surface area contributed by atoms with Crippen molar-refractivity contribution < 1.29 is 5.11 Å². The molecule has 8 heavy (non-hydrogen) atoms. The highest BCUT2D eigenvalue weighted by molar-refractivity contribution is 5.01. The van der Waals surface area contributed by atoms with Crippen LogP contribution in [0.15, 0.2) is 11.6 Å². The lowest BCUT2D eigenvalue weighted by molar-refractivity contribution is 0.136. The summed E-state index contributed by atoms with van der Waals surface area (Å²) in [4.78, 5) is 0. The molecule has 1 atom stereocenters. The Kier molecular flexibility index (Phi) is 3.53. The molecule has 0 heterocycles. The molecule has 0 aromatic heterocycles. The molecule has 1 nitrogen and oxygen atoms in total. The molecule has 0 N–H and O–H groups in total. The third kappa shape index (κ3) is 2.80.